The van der Waals surface area contributed by atoms with Crippen LogP contribution < -0.4 is 15.7 Å². The van der Waals surface area contributed by atoms with Crippen molar-refractivity contribution < 1.29 is 19.1 Å². The van der Waals surface area contributed by atoms with Crippen LogP contribution in [0, 0.1) is 6.92 Å². The SMILES string of the molecule is CC(C)=CCc1cc(C(=O)Cc2cc3ccc(OCCCNC(C)(C)C)c(C)c3oc2=O)ccc1O. The van der Waals surface area contributed by atoms with Gasteiger partial charge in [0, 0.05) is 34.0 Å². The minimum absolute atomic E-state index is 0.0669. The number of aromatic hydroxyl groups is 1. The number of phenolic OH excluding ortho intramolecular Hbond substituents is 1. The number of phenols is 1. The molecule has 0 radical (unpaired) electrons. The van der Waals surface area contributed by atoms with Crippen LogP contribution in [0.4, 0.5) is 0 Å². The van der Waals surface area contributed by atoms with Gasteiger partial charge in [0.1, 0.15) is 17.1 Å². The standard InChI is InChI=1S/C30H37NO5/c1-19(2)8-9-21-16-22(10-12-25(21)32)26(33)18-24-17-23-11-13-27(20(3)28(23)36-29(24)34)35-15-7-14-31-30(4,5)6/h8,10-13,16-17,31-32H,7,9,14-15,18H2,1-6H3. The van der Waals surface area contributed by atoms with Crippen molar-refractivity contribution in [2.75, 3.05) is 13.2 Å². The van der Waals surface area contributed by atoms with E-state index in [4.69, 9.17) is 9.15 Å². The van der Waals surface area contributed by atoms with Gasteiger partial charge in [0.25, 0.3) is 0 Å². The number of carbonyl (C=O) groups excluding carboxylic acids is 1. The number of benzene rings is 2. The number of hydrogen-bond donors (Lipinski definition) is 2. The fraction of sp³-hybridized carbons (Fsp3) is 0.400. The van der Waals surface area contributed by atoms with E-state index in [1.807, 2.05) is 39.0 Å². The highest BCUT2D eigenvalue weighted by Gasteiger charge is 2.16. The summed E-state index contributed by atoms with van der Waals surface area (Å²) < 4.78 is 11.6. The Morgan fingerprint density at radius 3 is 2.56 bits per heavy atom. The lowest BCUT2D eigenvalue weighted by Crippen LogP contribution is -2.36. The molecule has 6 heteroatoms. The van der Waals surface area contributed by atoms with E-state index >= 15 is 0 Å². The zero-order valence-corrected chi connectivity index (χ0v) is 22.2. The van der Waals surface area contributed by atoms with E-state index in [2.05, 4.69) is 26.1 Å². The molecule has 3 rings (SSSR count). The molecule has 192 valence electrons. The Morgan fingerprint density at radius 1 is 1.11 bits per heavy atom. The Hall–Kier alpha value is -3.38. The molecule has 0 amide bonds. The largest absolute Gasteiger partial charge is 0.508 e. The second kappa shape index (κ2) is 11.6. The molecule has 0 saturated carbocycles. The highest BCUT2D eigenvalue weighted by molar-refractivity contribution is 5.98. The number of fused-ring (bicyclic) bond motifs is 1. The summed E-state index contributed by atoms with van der Waals surface area (Å²) in [7, 11) is 0. The first-order valence-electron chi connectivity index (χ1n) is 12.4. The lowest BCUT2D eigenvalue weighted by Gasteiger charge is -2.20. The smallest absolute Gasteiger partial charge is 0.339 e. The van der Waals surface area contributed by atoms with Crippen molar-refractivity contribution in [2.45, 2.75) is 66.3 Å². The summed E-state index contributed by atoms with van der Waals surface area (Å²) in [4.78, 5) is 25.7. The number of allylic oxidation sites excluding steroid dienone is 2. The molecular formula is C30H37NO5. The maximum absolute atomic E-state index is 13.0. The lowest BCUT2D eigenvalue weighted by atomic mass is 9.99. The Balaban J connectivity index is 1.74. The molecule has 0 atom stereocenters. The summed E-state index contributed by atoms with van der Waals surface area (Å²) in [5, 5.41) is 14.3. The second-order valence-corrected chi connectivity index (χ2v) is 10.5. The number of rotatable bonds is 10. The van der Waals surface area contributed by atoms with Crippen LogP contribution in [-0.2, 0) is 12.8 Å². The Bertz CT molecular complexity index is 1320. The van der Waals surface area contributed by atoms with Gasteiger partial charge in [0.15, 0.2) is 5.78 Å². The van der Waals surface area contributed by atoms with Gasteiger partial charge in [-0.1, -0.05) is 11.6 Å². The van der Waals surface area contributed by atoms with Gasteiger partial charge in [-0.15, -0.1) is 0 Å². The van der Waals surface area contributed by atoms with E-state index < -0.39 is 5.63 Å². The van der Waals surface area contributed by atoms with E-state index in [1.54, 1.807) is 18.2 Å². The topological polar surface area (TPSA) is 88.8 Å². The van der Waals surface area contributed by atoms with E-state index in [0.717, 1.165) is 29.5 Å². The molecule has 6 nitrogen and oxygen atoms in total. The fourth-order valence-corrected chi connectivity index (χ4v) is 3.86. The Labute approximate surface area is 213 Å². The maximum Gasteiger partial charge on any atom is 0.339 e. The number of ether oxygens (including phenoxy) is 1. The third-order valence-corrected chi connectivity index (χ3v) is 5.89. The van der Waals surface area contributed by atoms with Gasteiger partial charge in [-0.2, -0.15) is 0 Å². The average molecular weight is 492 g/mol. The van der Waals surface area contributed by atoms with Gasteiger partial charge >= 0.3 is 5.63 Å². The minimum atomic E-state index is -0.533. The van der Waals surface area contributed by atoms with E-state index in [-0.39, 0.29) is 23.5 Å². The molecule has 0 unspecified atom stereocenters. The van der Waals surface area contributed by atoms with E-state index in [1.165, 1.54) is 6.07 Å². The maximum atomic E-state index is 13.0. The summed E-state index contributed by atoms with van der Waals surface area (Å²) in [6.45, 7) is 13.6. The van der Waals surface area contributed by atoms with Crippen molar-refractivity contribution >= 4 is 16.8 Å². The molecule has 3 aromatic rings. The van der Waals surface area contributed by atoms with Crippen LogP contribution in [0.3, 0.4) is 0 Å². The molecule has 0 fully saturated rings. The van der Waals surface area contributed by atoms with Crippen LogP contribution in [0.15, 0.2) is 57.3 Å². The third-order valence-electron chi connectivity index (χ3n) is 5.89. The zero-order valence-electron chi connectivity index (χ0n) is 22.2. The molecule has 1 heterocycles. The van der Waals surface area contributed by atoms with Crippen molar-refractivity contribution in [1.82, 2.24) is 5.32 Å². The Kier molecular flexibility index (Phi) is 8.75. The first-order chi connectivity index (χ1) is 16.9. The molecule has 0 aliphatic rings. The molecule has 0 aliphatic heterocycles. The van der Waals surface area contributed by atoms with Crippen LogP contribution in [0.25, 0.3) is 11.0 Å². The number of Topliss-reactive ketones (excluding diaryl/α,β-unsaturated/α-hetero) is 1. The monoisotopic (exact) mass is 491 g/mol. The highest BCUT2D eigenvalue weighted by atomic mass is 16.5. The van der Waals surface area contributed by atoms with E-state index in [0.29, 0.717) is 41.1 Å². The summed E-state index contributed by atoms with van der Waals surface area (Å²) in [5.41, 5.74) is 3.31. The summed E-state index contributed by atoms with van der Waals surface area (Å²) in [5.74, 6) is 0.618. The van der Waals surface area contributed by atoms with Crippen LogP contribution in [0.1, 0.15) is 68.1 Å². The minimum Gasteiger partial charge on any atom is -0.508 e. The zero-order chi connectivity index (χ0) is 26.5. The van der Waals surface area contributed by atoms with Crippen LogP contribution in [-0.4, -0.2) is 29.6 Å². The summed E-state index contributed by atoms with van der Waals surface area (Å²) in [6.07, 6.45) is 3.30. The van der Waals surface area contributed by atoms with Crippen molar-refractivity contribution in [3.8, 4) is 11.5 Å². The normalized spacial score (nSPS) is 11.5. The quantitative estimate of drug-likeness (QED) is 0.159. The van der Waals surface area contributed by atoms with Gasteiger partial charge in [0.2, 0.25) is 0 Å². The van der Waals surface area contributed by atoms with Gasteiger partial charge in [-0.05, 0) is 103 Å². The number of hydrogen-bond acceptors (Lipinski definition) is 6. The van der Waals surface area contributed by atoms with Gasteiger partial charge in [-0.25, -0.2) is 4.79 Å². The van der Waals surface area contributed by atoms with Crippen LogP contribution in [0.2, 0.25) is 0 Å². The molecule has 0 bridgehead atoms. The molecular weight excluding hydrogens is 454 g/mol. The summed E-state index contributed by atoms with van der Waals surface area (Å²) in [6, 6.07) is 10.2. The molecule has 0 spiro atoms. The molecule has 2 aromatic carbocycles. The first kappa shape index (κ1) is 27.2. The molecule has 0 aliphatic carbocycles. The number of ketones is 1. The lowest BCUT2D eigenvalue weighted by molar-refractivity contribution is 0.0992. The molecule has 2 N–H and O–H groups in total. The molecule has 1 aromatic heterocycles. The van der Waals surface area contributed by atoms with Gasteiger partial charge in [0.05, 0.1) is 6.61 Å². The highest BCUT2D eigenvalue weighted by Crippen LogP contribution is 2.27. The summed E-state index contributed by atoms with van der Waals surface area (Å²) >= 11 is 0. The third kappa shape index (κ3) is 7.31. The number of carbonyl (C=O) groups is 1. The molecule has 36 heavy (non-hydrogen) atoms. The van der Waals surface area contributed by atoms with Crippen LogP contribution >= 0.6 is 0 Å². The Morgan fingerprint density at radius 2 is 1.86 bits per heavy atom. The fourth-order valence-electron chi connectivity index (χ4n) is 3.86. The molecule has 0 saturated heterocycles. The van der Waals surface area contributed by atoms with Crippen LogP contribution in [0.5, 0.6) is 11.5 Å². The van der Waals surface area contributed by atoms with Crippen molar-refractivity contribution in [1.29, 1.82) is 0 Å². The first-order valence-corrected chi connectivity index (χ1v) is 12.4. The number of aryl methyl sites for hydroxylation is 1. The second-order valence-electron chi connectivity index (χ2n) is 10.5. The average Bonchev–Trinajstić information content (AvgIpc) is 2.80. The predicted octanol–water partition coefficient (Wildman–Crippen LogP) is 5.90. The predicted molar refractivity (Wildman–Crippen MR) is 144 cm³/mol. The van der Waals surface area contributed by atoms with E-state index in [9.17, 15) is 14.7 Å². The van der Waals surface area contributed by atoms with Gasteiger partial charge < -0.3 is 19.6 Å². The number of nitrogens with one attached hydrogen (secondary N) is 1. The van der Waals surface area contributed by atoms with Gasteiger partial charge in [-0.3, -0.25) is 4.79 Å². The van der Waals surface area contributed by atoms with Crippen molar-refractivity contribution in [3.63, 3.8) is 0 Å². The van der Waals surface area contributed by atoms with Crippen molar-refractivity contribution in [2.24, 2.45) is 0 Å². The van der Waals surface area contributed by atoms with Crippen molar-refractivity contribution in [3.05, 3.63) is 80.7 Å².